The van der Waals surface area contributed by atoms with Crippen LogP contribution in [0.15, 0.2) is 36.4 Å². The molecule has 0 radical (unpaired) electrons. The molecule has 2 aromatic heterocycles. The predicted octanol–water partition coefficient (Wildman–Crippen LogP) is 4.96. The van der Waals surface area contributed by atoms with Crippen LogP contribution in [0, 0.1) is 6.92 Å². The average molecular weight is 499 g/mol. The number of aryl methyl sites for hydroxylation is 3. The first-order valence-corrected chi connectivity index (χ1v) is 12.9. The monoisotopic (exact) mass is 498 g/mol. The first-order valence-electron chi connectivity index (χ1n) is 11.2. The van der Waals surface area contributed by atoms with Crippen molar-refractivity contribution in [1.82, 2.24) is 4.98 Å². The van der Waals surface area contributed by atoms with E-state index in [1.54, 1.807) is 13.8 Å². The zero-order valence-electron chi connectivity index (χ0n) is 19.2. The topological polar surface area (TPSA) is 85.8 Å². The van der Waals surface area contributed by atoms with Gasteiger partial charge in [0.25, 0.3) is 5.91 Å². The molecule has 1 amide bonds. The lowest BCUT2D eigenvalue weighted by molar-refractivity contribution is -0.121. The first kappa shape index (κ1) is 24.1. The lowest BCUT2D eigenvalue weighted by atomic mass is 9.99. The summed E-state index contributed by atoms with van der Waals surface area (Å²) in [5, 5.41) is 0.358. The molecule has 0 aliphatic heterocycles. The molecule has 0 saturated carbocycles. The van der Waals surface area contributed by atoms with Gasteiger partial charge in [0.1, 0.15) is 9.75 Å². The molecule has 2 heterocycles. The summed E-state index contributed by atoms with van der Waals surface area (Å²) in [4.78, 5) is 46.1. The van der Waals surface area contributed by atoms with Crippen molar-refractivity contribution in [3.63, 3.8) is 0 Å². The molecule has 0 N–H and O–H groups in total. The zero-order chi connectivity index (χ0) is 24.1. The van der Waals surface area contributed by atoms with Crippen LogP contribution in [-0.4, -0.2) is 36.0 Å². The van der Waals surface area contributed by atoms with E-state index in [2.05, 4.69) is 4.98 Å². The van der Waals surface area contributed by atoms with Crippen LogP contribution in [-0.2, 0) is 33.7 Å². The van der Waals surface area contributed by atoms with Crippen molar-refractivity contribution in [3.05, 3.63) is 67.9 Å². The van der Waals surface area contributed by atoms with Crippen LogP contribution in [0.5, 0.6) is 0 Å². The van der Waals surface area contributed by atoms with E-state index in [0.717, 1.165) is 42.6 Å². The molecule has 9 heteroatoms. The number of benzene rings is 1. The molecule has 3 aromatic rings. The first-order chi connectivity index (χ1) is 16.5. The van der Waals surface area contributed by atoms with E-state index in [-0.39, 0.29) is 13.2 Å². The summed E-state index contributed by atoms with van der Waals surface area (Å²) in [6, 6.07) is 11.3. The van der Waals surface area contributed by atoms with Gasteiger partial charge in [0, 0.05) is 4.88 Å². The molecule has 0 spiro atoms. The van der Waals surface area contributed by atoms with Gasteiger partial charge >= 0.3 is 11.9 Å². The number of ether oxygens (including phenoxy) is 2. The second-order valence-corrected chi connectivity index (χ2v) is 10.1. The van der Waals surface area contributed by atoms with E-state index in [9.17, 15) is 14.4 Å². The Morgan fingerprint density at radius 3 is 2.53 bits per heavy atom. The third-order valence-corrected chi connectivity index (χ3v) is 7.86. The fraction of sp³-hybridized carbons (Fsp3) is 0.360. The van der Waals surface area contributed by atoms with Gasteiger partial charge in [0.2, 0.25) is 0 Å². The number of esters is 2. The molecule has 0 unspecified atom stereocenters. The number of hydrogen-bond donors (Lipinski definition) is 0. The van der Waals surface area contributed by atoms with Gasteiger partial charge < -0.3 is 9.47 Å². The van der Waals surface area contributed by atoms with E-state index in [4.69, 9.17) is 9.47 Å². The van der Waals surface area contributed by atoms with Crippen LogP contribution < -0.4 is 4.90 Å². The van der Waals surface area contributed by atoms with Crippen LogP contribution in [0.4, 0.5) is 5.13 Å². The maximum atomic E-state index is 13.2. The smallest absolute Gasteiger partial charge is 0.350 e. The van der Waals surface area contributed by atoms with Crippen molar-refractivity contribution >= 4 is 45.7 Å². The van der Waals surface area contributed by atoms with Crippen molar-refractivity contribution in [2.45, 2.75) is 46.1 Å². The Morgan fingerprint density at radius 1 is 1.03 bits per heavy atom. The van der Waals surface area contributed by atoms with E-state index in [0.29, 0.717) is 20.6 Å². The lowest BCUT2D eigenvalue weighted by Gasteiger charge is -2.20. The summed E-state index contributed by atoms with van der Waals surface area (Å²) in [5.41, 5.74) is 2.59. The Morgan fingerprint density at radius 2 is 1.79 bits per heavy atom. The minimum absolute atomic E-state index is 0.236. The van der Waals surface area contributed by atoms with E-state index in [1.807, 2.05) is 36.4 Å². The number of anilines is 1. The highest BCUT2D eigenvalue weighted by Crippen LogP contribution is 2.31. The number of fused-ring (bicyclic) bond motifs is 1. The fourth-order valence-electron chi connectivity index (χ4n) is 3.78. The van der Waals surface area contributed by atoms with Crippen LogP contribution in [0.2, 0.25) is 0 Å². The van der Waals surface area contributed by atoms with Crippen molar-refractivity contribution in [3.8, 4) is 0 Å². The number of nitrogens with zero attached hydrogens (tertiary/aromatic N) is 2. The molecular weight excluding hydrogens is 472 g/mol. The maximum absolute atomic E-state index is 13.2. The van der Waals surface area contributed by atoms with Crippen LogP contribution in [0.1, 0.15) is 60.8 Å². The summed E-state index contributed by atoms with van der Waals surface area (Å²) in [6.07, 6.45) is 4.24. The van der Waals surface area contributed by atoms with Crippen molar-refractivity contribution < 1.29 is 23.9 Å². The van der Waals surface area contributed by atoms with Crippen molar-refractivity contribution in [1.29, 1.82) is 0 Å². The molecule has 0 fully saturated rings. The minimum atomic E-state index is -0.491. The Labute approximate surface area is 206 Å². The molecule has 0 saturated heterocycles. The molecular formula is C25H26N2O5S2. The number of amides is 1. The van der Waals surface area contributed by atoms with Gasteiger partial charge in [-0.15, -0.1) is 11.3 Å². The zero-order valence-corrected chi connectivity index (χ0v) is 20.8. The van der Waals surface area contributed by atoms with Gasteiger partial charge in [-0.3, -0.25) is 9.69 Å². The summed E-state index contributed by atoms with van der Waals surface area (Å²) >= 11 is 2.55. The molecule has 0 bridgehead atoms. The summed E-state index contributed by atoms with van der Waals surface area (Å²) in [6.45, 7) is 3.51. The second kappa shape index (κ2) is 10.9. The maximum Gasteiger partial charge on any atom is 0.350 e. The highest BCUT2D eigenvalue weighted by molar-refractivity contribution is 7.17. The highest BCUT2D eigenvalue weighted by atomic mass is 32.1. The predicted molar refractivity (Wildman–Crippen MR) is 132 cm³/mol. The van der Waals surface area contributed by atoms with E-state index in [1.165, 1.54) is 26.7 Å². The van der Waals surface area contributed by atoms with Gasteiger partial charge in [0.15, 0.2) is 11.7 Å². The quantitative estimate of drug-likeness (QED) is 0.408. The Bertz CT molecular complexity index is 1160. The average Bonchev–Trinajstić information content (AvgIpc) is 3.45. The standard InChI is InChI=1S/C25H26N2O5S2/c1-3-31-24(30)22-16(2)26-25(34-22)27(14-17-9-5-4-6-10-17)21(28)15-32-23(29)20-13-18-11-7-8-12-19(18)33-20/h4-6,9-10,13H,3,7-8,11-12,14-15H2,1-2H3. The molecule has 1 aliphatic carbocycles. The number of hydrogen-bond acceptors (Lipinski definition) is 8. The molecule has 0 atom stereocenters. The molecule has 178 valence electrons. The van der Waals surface area contributed by atoms with Gasteiger partial charge in [-0.05, 0) is 56.7 Å². The molecule has 1 aromatic carbocycles. The largest absolute Gasteiger partial charge is 0.462 e. The number of thiazole rings is 1. The number of carbonyl (C=O) groups is 3. The Balaban J connectivity index is 1.51. The summed E-state index contributed by atoms with van der Waals surface area (Å²) in [7, 11) is 0. The SMILES string of the molecule is CCOC(=O)c1sc(N(Cc2ccccc2)C(=O)COC(=O)c2cc3c(s2)CCCC3)nc1C. The molecule has 7 nitrogen and oxygen atoms in total. The molecule has 4 rings (SSSR count). The number of thiophene rings is 1. The number of aromatic nitrogens is 1. The Hall–Kier alpha value is -3.04. The van der Waals surface area contributed by atoms with E-state index < -0.39 is 24.5 Å². The highest BCUT2D eigenvalue weighted by Gasteiger charge is 2.26. The normalized spacial score (nSPS) is 12.6. The minimum Gasteiger partial charge on any atom is -0.462 e. The fourth-order valence-corrected chi connectivity index (χ4v) is 5.90. The van der Waals surface area contributed by atoms with Crippen LogP contribution in [0.25, 0.3) is 0 Å². The van der Waals surface area contributed by atoms with Crippen molar-refractivity contribution in [2.24, 2.45) is 0 Å². The number of carbonyl (C=O) groups excluding carboxylic acids is 3. The van der Waals surface area contributed by atoms with Gasteiger partial charge in [-0.25, -0.2) is 14.6 Å². The van der Waals surface area contributed by atoms with Crippen LogP contribution >= 0.6 is 22.7 Å². The van der Waals surface area contributed by atoms with Gasteiger partial charge in [0.05, 0.1) is 18.8 Å². The summed E-state index contributed by atoms with van der Waals surface area (Å²) in [5.74, 6) is -1.37. The van der Waals surface area contributed by atoms with Crippen molar-refractivity contribution in [2.75, 3.05) is 18.1 Å². The third-order valence-electron chi connectivity index (χ3n) is 5.49. The Kier molecular flexibility index (Phi) is 7.74. The third kappa shape index (κ3) is 5.53. The van der Waals surface area contributed by atoms with Gasteiger partial charge in [-0.2, -0.15) is 0 Å². The second-order valence-electron chi connectivity index (χ2n) is 7.94. The van der Waals surface area contributed by atoms with Crippen LogP contribution in [0.3, 0.4) is 0 Å². The summed E-state index contributed by atoms with van der Waals surface area (Å²) < 4.78 is 10.5. The van der Waals surface area contributed by atoms with E-state index >= 15 is 0 Å². The molecule has 34 heavy (non-hydrogen) atoms. The van der Waals surface area contributed by atoms with Gasteiger partial charge in [-0.1, -0.05) is 41.7 Å². The lowest BCUT2D eigenvalue weighted by Crippen LogP contribution is -2.34. The number of rotatable bonds is 8. The molecule has 1 aliphatic rings.